The summed E-state index contributed by atoms with van der Waals surface area (Å²) in [5, 5.41) is 12.3. The molecule has 0 aliphatic carbocycles. The highest BCUT2D eigenvalue weighted by atomic mass is 32.1. The average molecular weight is 414 g/mol. The highest BCUT2D eigenvalue weighted by molar-refractivity contribution is 7.12. The van der Waals surface area contributed by atoms with Crippen molar-refractivity contribution in [3.8, 4) is 16.6 Å². The van der Waals surface area contributed by atoms with Gasteiger partial charge in [0, 0.05) is 11.4 Å². The van der Waals surface area contributed by atoms with Crippen LogP contribution in [0.15, 0.2) is 76.7 Å². The van der Waals surface area contributed by atoms with Crippen molar-refractivity contribution in [2.24, 2.45) is 0 Å². The smallest absolute Gasteiger partial charge is 0.229 e. The topological polar surface area (TPSA) is 73.0 Å². The molecule has 1 amide bonds. The van der Waals surface area contributed by atoms with E-state index in [9.17, 15) is 4.79 Å². The first kappa shape index (κ1) is 18.3. The van der Waals surface area contributed by atoms with Crippen LogP contribution in [0.4, 0.5) is 5.82 Å². The Kier molecular flexibility index (Phi) is 4.65. The van der Waals surface area contributed by atoms with Crippen LogP contribution < -0.4 is 5.32 Å². The number of fused-ring (bicyclic) bond motifs is 1. The van der Waals surface area contributed by atoms with Gasteiger partial charge in [-0.25, -0.2) is 4.98 Å². The number of amides is 1. The molecule has 0 bridgehead atoms. The summed E-state index contributed by atoms with van der Waals surface area (Å²) in [5.74, 6) is 1.19. The number of benzene rings is 2. The largest absolute Gasteiger partial charge is 0.463 e. The maximum Gasteiger partial charge on any atom is 0.229 e. The Labute approximate surface area is 176 Å². The van der Waals surface area contributed by atoms with E-state index < -0.39 is 0 Å². The van der Waals surface area contributed by atoms with Crippen LogP contribution in [-0.2, 0) is 11.2 Å². The molecule has 0 aliphatic heterocycles. The first-order valence-corrected chi connectivity index (χ1v) is 10.4. The summed E-state index contributed by atoms with van der Waals surface area (Å²) in [6.45, 7) is 1.89. The minimum Gasteiger partial charge on any atom is -0.463 e. The minimum absolute atomic E-state index is 0.102. The van der Waals surface area contributed by atoms with Crippen molar-refractivity contribution >= 4 is 33.8 Å². The molecule has 2 aromatic carbocycles. The summed E-state index contributed by atoms with van der Waals surface area (Å²) in [7, 11) is 0. The molecular weight excluding hydrogens is 396 g/mol. The fourth-order valence-corrected chi connectivity index (χ4v) is 4.22. The van der Waals surface area contributed by atoms with Crippen LogP contribution in [0.25, 0.3) is 27.4 Å². The zero-order valence-corrected chi connectivity index (χ0v) is 17.0. The Morgan fingerprint density at radius 3 is 2.87 bits per heavy atom. The minimum atomic E-state index is -0.102. The second-order valence-corrected chi connectivity index (χ2v) is 7.78. The molecule has 7 heteroatoms. The van der Waals surface area contributed by atoms with Crippen LogP contribution in [0.3, 0.4) is 0 Å². The van der Waals surface area contributed by atoms with Crippen LogP contribution >= 0.6 is 11.3 Å². The van der Waals surface area contributed by atoms with E-state index in [2.05, 4.69) is 15.4 Å². The van der Waals surface area contributed by atoms with Crippen molar-refractivity contribution in [1.82, 2.24) is 14.8 Å². The molecule has 0 saturated heterocycles. The molecule has 0 fully saturated rings. The molecule has 148 valence electrons. The van der Waals surface area contributed by atoms with Gasteiger partial charge < -0.3 is 9.73 Å². The molecule has 5 rings (SSSR count). The number of aryl methyl sites for hydroxylation is 1. The third-order valence-electron chi connectivity index (χ3n) is 4.78. The third-order valence-corrected chi connectivity index (χ3v) is 5.59. The SMILES string of the molecule is Cc1cc(NC(=O)Cc2cccc3ccccc23)n(-c2nc(-c3ccco3)cs2)n1. The maximum absolute atomic E-state index is 12.8. The van der Waals surface area contributed by atoms with Crippen molar-refractivity contribution in [2.45, 2.75) is 13.3 Å². The van der Waals surface area contributed by atoms with E-state index in [1.807, 2.05) is 73.0 Å². The number of furan rings is 1. The maximum atomic E-state index is 12.8. The summed E-state index contributed by atoms with van der Waals surface area (Å²) in [6.07, 6.45) is 1.90. The van der Waals surface area contributed by atoms with Gasteiger partial charge in [0.05, 0.1) is 18.4 Å². The van der Waals surface area contributed by atoms with Crippen LogP contribution in [0, 0.1) is 6.92 Å². The number of carbonyl (C=O) groups excluding carboxylic acids is 1. The molecule has 6 nitrogen and oxygen atoms in total. The van der Waals surface area contributed by atoms with Gasteiger partial charge in [0.15, 0.2) is 5.76 Å². The van der Waals surface area contributed by atoms with Crippen molar-refractivity contribution in [1.29, 1.82) is 0 Å². The number of thiazole rings is 1. The number of nitrogens with one attached hydrogen (secondary N) is 1. The highest BCUT2D eigenvalue weighted by Gasteiger charge is 2.16. The van der Waals surface area contributed by atoms with Crippen molar-refractivity contribution < 1.29 is 9.21 Å². The molecule has 0 aliphatic rings. The van der Waals surface area contributed by atoms with E-state index in [1.165, 1.54) is 11.3 Å². The van der Waals surface area contributed by atoms with Gasteiger partial charge in [-0.05, 0) is 35.4 Å². The number of anilines is 1. The third kappa shape index (κ3) is 3.51. The number of hydrogen-bond donors (Lipinski definition) is 1. The summed E-state index contributed by atoms with van der Waals surface area (Å²) < 4.78 is 7.08. The second-order valence-electron chi connectivity index (χ2n) is 6.94. The Morgan fingerprint density at radius 2 is 2.00 bits per heavy atom. The Hall–Kier alpha value is -3.71. The molecule has 3 heterocycles. The van der Waals surface area contributed by atoms with Crippen LogP contribution in [0.1, 0.15) is 11.3 Å². The molecular formula is C23H18N4O2S. The summed E-state index contributed by atoms with van der Waals surface area (Å²) in [6, 6.07) is 19.6. The molecule has 30 heavy (non-hydrogen) atoms. The Morgan fingerprint density at radius 1 is 1.13 bits per heavy atom. The lowest BCUT2D eigenvalue weighted by atomic mass is 10.0. The van der Waals surface area contributed by atoms with Gasteiger partial charge >= 0.3 is 0 Å². The van der Waals surface area contributed by atoms with Gasteiger partial charge in [0.1, 0.15) is 11.5 Å². The van der Waals surface area contributed by atoms with Gasteiger partial charge in [-0.15, -0.1) is 11.3 Å². The number of hydrogen-bond acceptors (Lipinski definition) is 5. The molecule has 0 spiro atoms. The molecule has 0 unspecified atom stereocenters. The van der Waals surface area contributed by atoms with Crippen molar-refractivity contribution in [2.75, 3.05) is 5.32 Å². The first-order chi connectivity index (χ1) is 14.7. The molecule has 5 aromatic rings. The molecule has 0 atom stereocenters. The van der Waals surface area contributed by atoms with Gasteiger partial charge in [-0.1, -0.05) is 42.5 Å². The quantitative estimate of drug-likeness (QED) is 0.427. The molecule has 0 radical (unpaired) electrons. The number of nitrogens with zero attached hydrogens (tertiary/aromatic N) is 3. The predicted molar refractivity (Wildman–Crippen MR) is 118 cm³/mol. The predicted octanol–water partition coefficient (Wildman–Crippen LogP) is 5.23. The fourth-order valence-electron chi connectivity index (χ4n) is 3.44. The normalized spacial score (nSPS) is 11.1. The van der Waals surface area contributed by atoms with Gasteiger partial charge in [0.25, 0.3) is 0 Å². The Bertz CT molecular complexity index is 1330. The molecule has 1 N–H and O–H groups in total. The van der Waals surface area contributed by atoms with E-state index in [0.717, 1.165) is 27.7 Å². The second kappa shape index (κ2) is 7.61. The molecule has 0 saturated carbocycles. The zero-order valence-electron chi connectivity index (χ0n) is 16.2. The standard InChI is InChI=1S/C23H18N4O2S/c1-15-12-21(27(26-15)23-24-19(14-30-23)20-10-5-11-29-20)25-22(28)13-17-8-4-7-16-6-2-3-9-18(16)17/h2-12,14H,13H2,1H3,(H,25,28). The van der Waals surface area contributed by atoms with E-state index >= 15 is 0 Å². The van der Waals surface area contributed by atoms with Crippen LogP contribution in [-0.4, -0.2) is 20.7 Å². The van der Waals surface area contributed by atoms with Crippen LogP contribution in [0.5, 0.6) is 0 Å². The van der Waals surface area contributed by atoms with E-state index in [0.29, 0.717) is 16.7 Å². The summed E-state index contributed by atoms with van der Waals surface area (Å²) >= 11 is 1.44. The van der Waals surface area contributed by atoms with Crippen molar-refractivity contribution in [3.63, 3.8) is 0 Å². The summed E-state index contributed by atoms with van der Waals surface area (Å²) in [5.41, 5.74) is 2.52. The van der Waals surface area contributed by atoms with Crippen LogP contribution in [0.2, 0.25) is 0 Å². The van der Waals surface area contributed by atoms with E-state index in [1.54, 1.807) is 10.9 Å². The lowest BCUT2D eigenvalue weighted by molar-refractivity contribution is -0.115. The Balaban J connectivity index is 1.40. The van der Waals surface area contributed by atoms with Gasteiger partial charge in [-0.3, -0.25) is 4.79 Å². The van der Waals surface area contributed by atoms with E-state index in [-0.39, 0.29) is 12.3 Å². The van der Waals surface area contributed by atoms with Gasteiger partial charge in [-0.2, -0.15) is 9.78 Å². The lowest BCUT2D eigenvalue weighted by Crippen LogP contribution is -2.17. The monoisotopic (exact) mass is 414 g/mol. The van der Waals surface area contributed by atoms with E-state index in [4.69, 9.17) is 4.42 Å². The average Bonchev–Trinajstić information content (AvgIpc) is 3.49. The fraction of sp³-hybridized carbons (Fsp3) is 0.0870. The molecule has 3 aromatic heterocycles. The number of carbonyl (C=O) groups is 1. The lowest BCUT2D eigenvalue weighted by Gasteiger charge is -2.08. The van der Waals surface area contributed by atoms with Crippen molar-refractivity contribution in [3.05, 3.63) is 83.6 Å². The van der Waals surface area contributed by atoms with Gasteiger partial charge in [0.2, 0.25) is 11.0 Å². The summed E-state index contributed by atoms with van der Waals surface area (Å²) in [4.78, 5) is 17.4. The first-order valence-electron chi connectivity index (χ1n) is 9.50. The number of aromatic nitrogens is 3. The highest BCUT2D eigenvalue weighted by Crippen LogP contribution is 2.27. The zero-order chi connectivity index (χ0) is 20.5. The number of rotatable bonds is 5.